The summed E-state index contributed by atoms with van der Waals surface area (Å²) >= 11 is 0. The molecule has 1 amide bonds. The van der Waals surface area contributed by atoms with Crippen LogP contribution in [0.5, 0.6) is 5.75 Å². The van der Waals surface area contributed by atoms with E-state index in [1.807, 2.05) is 17.0 Å². The third kappa shape index (κ3) is 3.11. The number of ether oxygens (including phenoxy) is 2. The molecule has 0 atom stereocenters. The summed E-state index contributed by atoms with van der Waals surface area (Å²) in [6.07, 6.45) is 0.724. The highest BCUT2D eigenvalue weighted by molar-refractivity contribution is 5.94. The normalized spacial score (nSPS) is 13.2. The van der Waals surface area contributed by atoms with Crippen LogP contribution in [0.1, 0.15) is 31.8 Å². The summed E-state index contributed by atoms with van der Waals surface area (Å²) in [4.78, 5) is 26.1. The van der Waals surface area contributed by atoms with Gasteiger partial charge in [-0.3, -0.25) is 4.79 Å². The first-order valence-corrected chi connectivity index (χ1v) is 7.76. The highest BCUT2D eigenvalue weighted by atomic mass is 16.5. The molecule has 0 aliphatic carbocycles. The number of carbonyl (C=O) groups is 2. The number of hydrogen-bond acceptors (Lipinski definition) is 4. The van der Waals surface area contributed by atoms with Crippen molar-refractivity contribution >= 4 is 11.9 Å². The fraction of sp³-hybridized carbons (Fsp3) is 0.263. The van der Waals surface area contributed by atoms with Gasteiger partial charge in [-0.1, -0.05) is 6.07 Å². The van der Waals surface area contributed by atoms with Crippen LogP contribution < -0.4 is 4.74 Å². The van der Waals surface area contributed by atoms with E-state index in [4.69, 9.17) is 9.47 Å². The summed E-state index contributed by atoms with van der Waals surface area (Å²) in [7, 11) is 2.97. The van der Waals surface area contributed by atoms with E-state index in [2.05, 4.69) is 0 Å². The Kier molecular flexibility index (Phi) is 4.51. The molecule has 0 bridgehead atoms. The summed E-state index contributed by atoms with van der Waals surface area (Å²) in [5, 5.41) is 0. The molecule has 0 aromatic heterocycles. The number of benzene rings is 2. The zero-order chi connectivity index (χ0) is 17.1. The van der Waals surface area contributed by atoms with Gasteiger partial charge in [0.25, 0.3) is 5.91 Å². The second kappa shape index (κ2) is 6.74. The van der Waals surface area contributed by atoms with Gasteiger partial charge in [0.1, 0.15) is 5.75 Å². The van der Waals surface area contributed by atoms with Crippen LogP contribution in [0.2, 0.25) is 0 Å². The number of carbonyl (C=O) groups excluding carboxylic acids is 2. The summed E-state index contributed by atoms with van der Waals surface area (Å²) in [5.74, 6) is 0.390. The SMILES string of the molecule is COC(=O)c1ccc2c(c1)CCN(C(=O)c1ccc(OC)cc1)C2. The molecule has 2 aromatic rings. The lowest BCUT2D eigenvalue weighted by Gasteiger charge is -2.29. The van der Waals surface area contributed by atoms with Crippen molar-refractivity contribution in [2.45, 2.75) is 13.0 Å². The molecule has 0 N–H and O–H groups in total. The molecule has 124 valence electrons. The molecule has 5 nitrogen and oxygen atoms in total. The van der Waals surface area contributed by atoms with Crippen LogP contribution in [0.3, 0.4) is 0 Å². The molecule has 0 saturated carbocycles. The maximum atomic E-state index is 12.6. The van der Waals surface area contributed by atoms with E-state index >= 15 is 0 Å². The Bertz CT molecular complexity index is 767. The summed E-state index contributed by atoms with van der Waals surface area (Å²) < 4.78 is 9.87. The standard InChI is InChI=1S/C19H19NO4/c1-23-17-7-5-13(6-8-17)18(21)20-10-9-14-11-15(19(22)24-2)3-4-16(14)12-20/h3-8,11H,9-10,12H2,1-2H3. The first-order chi connectivity index (χ1) is 11.6. The Morgan fingerprint density at radius 1 is 0.958 bits per heavy atom. The predicted molar refractivity (Wildman–Crippen MR) is 89.2 cm³/mol. The van der Waals surface area contributed by atoms with Crippen LogP contribution in [0.25, 0.3) is 0 Å². The molecular weight excluding hydrogens is 306 g/mol. The van der Waals surface area contributed by atoms with Gasteiger partial charge >= 0.3 is 5.97 Å². The van der Waals surface area contributed by atoms with Crippen LogP contribution in [0.15, 0.2) is 42.5 Å². The van der Waals surface area contributed by atoms with Crippen molar-refractivity contribution in [1.29, 1.82) is 0 Å². The molecule has 24 heavy (non-hydrogen) atoms. The van der Waals surface area contributed by atoms with Gasteiger partial charge in [-0.05, 0) is 53.9 Å². The smallest absolute Gasteiger partial charge is 0.337 e. The average molecular weight is 325 g/mol. The molecule has 1 aliphatic heterocycles. The van der Waals surface area contributed by atoms with Crippen molar-refractivity contribution in [2.24, 2.45) is 0 Å². The van der Waals surface area contributed by atoms with Gasteiger partial charge in [0.05, 0.1) is 19.8 Å². The quantitative estimate of drug-likeness (QED) is 0.814. The molecule has 0 radical (unpaired) electrons. The number of rotatable bonds is 3. The minimum Gasteiger partial charge on any atom is -0.497 e. The first-order valence-electron chi connectivity index (χ1n) is 7.76. The Morgan fingerprint density at radius 3 is 2.33 bits per heavy atom. The topological polar surface area (TPSA) is 55.8 Å². The van der Waals surface area contributed by atoms with Crippen molar-refractivity contribution < 1.29 is 19.1 Å². The van der Waals surface area contributed by atoms with Crippen molar-refractivity contribution in [2.75, 3.05) is 20.8 Å². The van der Waals surface area contributed by atoms with E-state index in [0.717, 1.165) is 23.3 Å². The Labute approximate surface area is 140 Å². The van der Waals surface area contributed by atoms with Gasteiger partial charge in [-0.15, -0.1) is 0 Å². The monoisotopic (exact) mass is 325 g/mol. The summed E-state index contributed by atoms with van der Waals surface area (Å²) in [6, 6.07) is 12.6. The first kappa shape index (κ1) is 16.1. The van der Waals surface area contributed by atoms with Crippen LogP contribution in [-0.4, -0.2) is 37.5 Å². The number of hydrogen-bond donors (Lipinski definition) is 0. The molecule has 3 rings (SSSR count). The molecule has 0 unspecified atom stereocenters. The highest BCUT2D eigenvalue weighted by Crippen LogP contribution is 2.23. The van der Waals surface area contributed by atoms with Gasteiger partial charge in [-0.2, -0.15) is 0 Å². The Balaban J connectivity index is 1.76. The van der Waals surface area contributed by atoms with Crippen LogP contribution >= 0.6 is 0 Å². The number of nitrogens with zero attached hydrogens (tertiary/aromatic N) is 1. The maximum absolute atomic E-state index is 12.6. The van der Waals surface area contributed by atoms with Crippen molar-refractivity contribution in [3.05, 3.63) is 64.7 Å². The van der Waals surface area contributed by atoms with Gasteiger partial charge in [-0.25, -0.2) is 4.79 Å². The van der Waals surface area contributed by atoms with Crippen LogP contribution in [0, 0.1) is 0 Å². The largest absolute Gasteiger partial charge is 0.497 e. The van der Waals surface area contributed by atoms with Crippen molar-refractivity contribution in [3.63, 3.8) is 0 Å². The Hall–Kier alpha value is -2.82. The number of amides is 1. The van der Waals surface area contributed by atoms with Gasteiger partial charge in [0.2, 0.25) is 0 Å². The second-order valence-corrected chi connectivity index (χ2v) is 5.68. The van der Waals surface area contributed by atoms with E-state index in [1.54, 1.807) is 37.4 Å². The third-order valence-corrected chi connectivity index (χ3v) is 4.26. The molecule has 2 aromatic carbocycles. The fourth-order valence-electron chi connectivity index (χ4n) is 2.89. The van der Waals surface area contributed by atoms with Crippen molar-refractivity contribution in [1.82, 2.24) is 4.90 Å². The molecule has 1 heterocycles. The number of esters is 1. The van der Waals surface area contributed by atoms with E-state index in [1.165, 1.54) is 7.11 Å². The zero-order valence-electron chi connectivity index (χ0n) is 13.7. The average Bonchev–Trinajstić information content (AvgIpc) is 2.66. The predicted octanol–water partition coefficient (Wildman–Crippen LogP) is 2.68. The van der Waals surface area contributed by atoms with Crippen LogP contribution in [0.4, 0.5) is 0 Å². The third-order valence-electron chi connectivity index (χ3n) is 4.26. The molecule has 0 spiro atoms. The lowest BCUT2D eigenvalue weighted by molar-refractivity contribution is 0.0599. The van der Waals surface area contributed by atoms with Gasteiger partial charge in [0, 0.05) is 18.7 Å². The second-order valence-electron chi connectivity index (χ2n) is 5.68. The minimum atomic E-state index is -0.338. The van der Waals surface area contributed by atoms with Crippen LogP contribution in [-0.2, 0) is 17.7 Å². The lowest BCUT2D eigenvalue weighted by Crippen LogP contribution is -2.36. The molecule has 0 saturated heterocycles. The molecular formula is C19H19NO4. The fourth-order valence-corrected chi connectivity index (χ4v) is 2.89. The van der Waals surface area contributed by atoms with Gasteiger partial charge < -0.3 is 14.4 Å². The maximum Gasteiger partial charge on any atom is 0.337 e. The zero-order valence-corrected chi connectivity index (χ0v) is 13.7. The lowest BCUT2D eigenvalue weighted by atomic mass is 9.96. The molecule has 5 heteroatoms. The molecule has 1 aliphatic rings. The van der Waals surface area contributed by atoms with E-state index < -0.39 is 0 Å². The number of fused-ring (bicyclic) bond motifs is 1. The highest BCUT2D eigenvalue weighted by Gasteiger charge is 2.22. The van der Waals surface area contributed by atoms with E-state index in [-0.39, 0.29) is 11.9 Å². The van der Waals surface area contributed by atoms with E-state index in [0.29, 0.717) is 24.2 Å². The summed E-state index contributed by atoms with van der Waals surface area (Å²) in [5.41, 5.74) is 3.35. The summed E-state index contributed by atoms with van der Waals surface area (Å²) in [6.45, 7) is 1.17. The van der Waals surface area contributed by atoms with E-state index in [9.17, 15) is 9.59 Å². The minimum absolute atomic E-state index is 0.000322. The van der Waals surface area contributed by atoms with Crippen molar-refractivity contribution in [3.8, 4) is 5.75 Å². The Morgan fingerprint density at radius 2 is 1.67 bits per heavy atom. The molecule has 0 fully saturated rings. The van der Waals surface area contributed by atoms with Gasteiger partial charge in [0.15, 0.2) is 0 Å². The number of methoxy groups -OCH3 is 2.